The molecule has 2 heteroatoms. The van der Waals surface area contributed by atoms with Crippen molar-refractivity contribution in [2.24, 2.45) is 5.73 Å². The molecule has 1 heterocycles. The van der Waals surface area contributed by atoms with E-state index in [1.807, 2.05) is 0 Å². The highest BCUT2D eigenvalue weighted by atomic mass is 16.5. The molecule has 0 saturated carbocycles. The monoisotopic (exact) mass is 233 g/mol. The molecule has 0 radical (unpaired) electrons. The molecular formula is C15H23NO. The van der Waals surface area contributed by atoms with Gasteiger partial charge in [0.25, 0.3) is 0 Å². The van der Waals surface area contributed by atoms with Gasteiger partial charge in [-0.05, 0) is 50.2 Å². The highest BCUT2D eigenvalue weighted by Crippen LogP contribution is 2.30. The molecule has 2 rings (SSSR count). The summed E-state index contributed by atoms with van der Waals surface area (Å²) in [5.41, 5.74) is 8.89. The molecule has 1 saturated heterocycles. The Kier molecular flexibility index (Phi) is 3.85. The second-order valence-electron chi connectivity index (χ2n) is 5.75. The minimum Gasteiger partial charge on any atom is -0.381 e. The van der Waals surface area contributed by atoms with Crippen LogP contribution in [0.15, 0.2) is 24.3 Å². The average molecular weight is 233 g/mol. The lowest BCUT2D eigenvalue weighted by Gasteiger charge is -2.27. The van der Waals surface area contributed by atoms with Crippen LogP contribution >= 0.6 is 0 Å². The molecule has 0 spiro atoms. The van der Waals surface area contributed by atoms with Crippen LogP contribution in [0.5, 0.6) is 0 Å². The van der Waals surface area contributed by atoms with Gasteiger partial charge in [0.2, 0.25) is 0 Å². The molecule has 2 N–H and O–H groups in total. The number of ether oxygens (including phenoxy) is 1. The molecule has 1 aliphatic rings. The molecule has 0 unspecified atom stereocenters. The van der Waals surface area contributed by atoms with E-state index >= 15 is 0 Å². The molecule has 0 aliphatic carbocycles. The molecule has 17 heavy (non-hydrogen) atoms. The van der Waals surface area contributed by atoms with Gasteiger partial charge in [0.05, 0.1) is 0 Å². The van der Waals surface area contributed by atoms with Crippen LogP contribution in [0, 0.1) is 0 Å². The van der Waals surface area contributed by atoms with Crippen LogP contribution in [-0.4, -0.2) is 18.8 Å². The average Bonchev–Trinajstić information content (AvgIpc) is 2.29. The number of nitrogens with two attached hydrogens (primary N) is 1. The molecule has 1 aliphatic heterocycles. The molecule has 0 atom stereocenters. The minimum atomic E-state index is -0.138. The Bertz CT molecular complexity index is 361. The van der Waals surface area contributed by atoms with Crippen LogP contribution in [0.2, 0.25) is 0 Å². The van der Waals surface area contributed by atoms with E-state index in [0.29, 0.717) is 5.92 Å². The van der Waals surface area contributed by atoms with Crippen molar-refractivity contribution in [1.82, 2.24) is 0 Å². The lowest BCUT2D eigenvalue weighted by atomic mass is 9.84. The van der Waals surface area contributed by atoms with Crippen LogP contribution in [0.3, 0.4) is 0 Å². The van der Waals surface area contributed by atoms with Crippen molar-refractivity contribution in [1.29, 1.82) is 0 Å². The highest BCUT2D eigenvalue weighted by molar-refractivity contribution is 5.32. The molecule has 0 bridgehead atoms. The van der Waals surface area contributed by atoms with E-state index in [2.05, 4.69) is 38.1 Å². The van der Waals surface area contributed by atoms with E-state index in [4.69, 9.17) is 10.5 Å². The first-order chi connectivity index (χ1) is 8.06. The normalized spacial score (nSPS) is 18.3. The van der Waals surface area contributed by atoms with Crippen LogP contribution in [-0.2, 0) is 11.2 Å². The zero-order chi connectivity index (χ0) is 12.3. The van der Waals surface area contributed by atoms with E-state index in [0.717, 1.165) is 32.5 Å². The fraction of sp³-hybridized carbons (Fsp3) is 0.600. The standard InChI is InChI=1S/C15H23NO/c1-15(2,16)11-13-5-3-4-6-14(13)12-7-9-17-10-8-12/h3-6,12H,7-11,16H2,1-2H3. The van der Waals surface area contributed by atoms with Crippen LogP contribution in [0.25, 0.3) is 0 Å². The summed E-state index contributed by atoms with van der Waals surface area (Å²) in [7, 11) is 0. The van der Waals surface area contributed by atoms with Crippen molar-refractivity contribution in [2.75, 3.05) is 13.2 Å². The first kappa shape index (κ1) is 12.6. The van der Waals surface area contributed by atoms with Crippen molar-refractivity contribution < 1.29 is 4.74 Å². The maximum absolute atomic E-state index is 6.14. The zero-order valence-corrected chi connectivity index (χ0v) is 10.9. The van der Waals surface area contributed by atoms with Gasteiger partial charge in [-0.2, -0.15) is 0 Å². The lowest BCUT2D eigenvalue weighted by molar-refractivity contribution is 0.0851. The number of hydrogen-bond acceptors (Lipinski definition) is 2. The van der Waals surface area contributed by atoms with Gasteiger partial charge in [-0.25, -0.2) is 0 Å². The fourth-order valence-electron chi connectivity index (χ4n) is 2.59. The second kappa shape index (κ2) is 5.19. The van der Waals surface area contributed by atoms with E-state index in [-0.39, 0.29) is 5.54 Å². The summed E-state index contributed by atoms with van der Waals surface area (Å²) in [6.45, 7) is 5.97. The van der Waals surface area contributed by atoms with Crippen molar-refractivity contribution in [2.45, 2.75) is 44.6 Å². The maximum atomic E-state index is 6.14. The van der Waals surface area contributed by atoms with Crippen LogP contribution in [0.1, 0.15) is 43.7 Å². The number of hydrogen-bond donors (Lipinski definition) is 1. The zero-order valence-electron chi connectivity index (χ0n) is 10.9. The second-order valence-corrected chi connectivity index (χ2v) is 5.75. The summed E-state index contributed by atoms with van der Waals surface area (Å²) in [5.74, 6) is 0.655. The molecular weight excluding hydrogens is 210 g/mol. The van der Waals surface area contributed by atoms with E-state index < -0.39 is 0 Å². The van der Waals surface area contributed by atoms with Gasteiger partial charge in [0, 0.05) is 18.8 Å². The predicted molar refractivity (Wildman–Crippen MR) is 71.2 cm³/mol. The molecule has 2 nitrogen and oxygen atoms in total. The van der Waals surface area contributed by atoms with E-state index in [9.17, 15) is 0 Å². The molecule has 1 fully saturated rings. The third kappa shape index (κ3) is 3.55. The quantitative estimate of drug-likeness (QED) is 0.871. The Morgan fingerprint density at radius 2 is 1.88 bits per heavy atom. The first-order valence-electron chi connectivity index (χ1n) is 6.51. The summed E-state index contributed by atoms with van der Waals surface area (Å²) in [6.07, 6.45) is 3.23. The van der Waals surface area contributed by atoms with Crippen LogP contribution < -0.4 is 5.73 Å². The fourth-order valence-corrected chi connectivity index (χ4v) is 2.59. The van der Waals surface area contributed by atoms with Gasteiger partial charge >= 0.3 is 0 Å². The summed E-state index contributed by atoms with van der Waals surface area (Å²) in [6, 6.07) is 8.73. The van der Waals surface area contributed by atoms with Crippen molar-refractivity contribution in [3.05, 3.63) is 35.4 Å². The Morgan fingerprint density at radius 3 is 2.53 bits per heavy atom. The maximum Gasteiger partial charge on any atom is 0.0471 e. The van der Waals surface area contributed by atoms with Crippen molar-refractivity contribution in [3.63, 3.8) is 0 Å². The first-order valence-corrected chi connectivity index (χ1v) is 6.51. The Morgan fingerprint density at radius 1 is 1.24 bits per heavy atom. The van der Waals surface area contributed by atoms with Gasteiger partial charge in [-0.3, -0.25) is 0 Å². The molecule has 0 aromatic heterocycles. The van der Waals surface area contributed by atoms with Gasteiger partial charge < -0.3 is 10.5 Å². The Balaban J connectivity index is 2.20. The summed E-state index contributed by atoms with van der Waals surface area (Å²) in [4.78, 5) is 0. The van der Waals surface area contributed by atoms with Gasteiger partial charge in [-0.1, -0.05) is 24.3 Å². The summed E-state index contributed by atoms with van der Waals surface area (Å²) < 4.78 is 5.44. The van der Waals surface area contributed by atoms with Gasteiger partial charge in [-0.15, -0.1) is 0 Å². The molecule has 1 aromatic rings. The molecule has 1 aromatic carbocycles. The van der Waals surface area contributed by atoms with Crippen molar-refractivity contribution >= 4 is 0 Å². The van der Waals surface area contributed by atoms with E-state index in [1.54, 1.807) is 0 Å². The van der Waals surface area contributed by atoms with Crippen LogP contribution in [0.4, 0.5) is 0 Å². The largest absolute Gasteiger partial charge is 0.381 e. The summed E-state index contributed by atoms with van der Waals surface area (Å²) >= 11 is 0. The SMILES string of the molecule is CC(C)(N)Cc1ccccc1C1CCOCC1. The molecule has 94 valence electrons. The highest BCUT2D eigenvalue weighted by Gasteiger charge is 2.21. The van der Waals surface area contributed by atoms with Gasteiger partial charge in [0.15, 0.2) is 0 Å². The minimum absolute atomic E-state index is 0.138. The van der Waals surface area contributed by atoms with E-state index in [1.165, 1.54) is 11.1 Å². The summed E-state index contributed by atoms with van der Waals surface area (Å²) in [5, 5.41) is 0. The topological polar surface area (TPSA) is 35.2 Å². The Hall–Kier alpha value is -0.860. The molecule has 0 amide bonds. The van der Waals surface area contributed by atoms with Crippen molar-refractivity contribution in [3.8, 4) is 0 Å². The number of benzene rings is 1. The predicted octanol–water partition coefficient (Wildman–Crippen LogP) is 2.86. The third-order valence-electron chi connectivity index (χ3n) is 3.36. The van der Waals surface area contributed by atoms with Gasteiger partial charge in [0.1, 0.15) is 0 Å². The third-order valence-corrected chi connectivity index (χ3v) is 3.36. The number of rotatable bonds is 3. The smallest absolute Gasteiger partial charge is 0.0471 e. The Labute approximate surface area is 104 Å². The lowest BCUT2D eigenvalue weighted by Crippen LogP contribution is -2.35.